The molecule has 1 aliphatic heterocycles. The predicted molar refractivity (Wildman–Crippen MR) is 68.1 cm³/mol. The summed E-state index contributed by atoms with van der Waals surface area (Å²) in [7, 11) is 0. The van der Waals surface area contributed by atoms with Crippen molar-refractivity contribution in [2.45, 2.75) is 0 Å². The molecule has 1 heterocycles. The molecule has 0 aromatic heterocycles. The largest absolute Gasteiger partial charge is 0.434 e. The first-order chi connectivity index (χ1) is 7.86. The van der Waals surface area contributed by atoms with E-state index in [1.165, 1.54) is 0 Å². The van der Waals surface area contributed by atoms with E-state index >= 15 is 0 Å². The number of para-hydroxylation sites is 1. The maximum Gasteiger partial charge on any atom is 0.283 e. The number of nitrogens with zero attached hydrogens (tertiary/aromatic N) is 2. The molecule has 0 amide bonds. The van der Waals surface area contributed by atoms with Crippen molar-refractivity contribution in [3.05, 3.63) is 29.8 Å². The van der Waals surface area contributed by atoms with Crippen LogP contribution < -0.4 is 4.74 Å². The molecular weight excluding hydrogens is 323 g/mol. The van der Waals surface area contributed by atoms with Gasteiger partial charge >= 0.3 is 0 Å². The smallest absolute Gasteiger partial charge is 0.283 e. The zero-order chi connectivity index (χ0) is 11.4. The van der Waals surface area contributed by atoms with E-state index in [9.17, 15) is 0 Å². The zero-order valence-electron chi connectivity index (χ0n) is 8.26. The number of rotatable bonds is 3. The zero-order valence-corrected chi connectivity index (χ0v) is 10.4. The van der Waals surface area contributed by atoms with Crippen LogP contribution in [0.1, 0.15) is 5.56 Å². The molecule has 0 atom stereocenters. The highest BCUT2D eigenvalue weighted by atomic mass is 127. The molecule has 0 aliphatic carbocycles. The lowest BCUT2D eigenvalue weighted by atomic mass is 10.1. The van der Waals surface area contributed by atoms with Crippen LogP contribution in [0.25, 0.3) is 0 Å². The van der Waals surface area contributed by atoms with Gasteiger partial charge in [-0.2, -0.15) is 0 Å². The van der Waals surface area contributed by atoms with Crippen molar-refractivity contribution in [1.82, 2.24) is 0 Å². The van der Waals surface area contributed by atoms with Crippen molar-refractivity contribution in [3.8, 4) is 5.75 Å². The standard InChI is InChI=1S/C10H9IN2O3/c11-12-9-7-3-1-2-4-8(7)16-10(9)13-15-6-5-14/h1-4,14H,5-6H2/b12-9+,13-10-. The summed E-state index contributed by atoms with van der Waals surface area (Å²) in [6.07, 6.45) is 0. The Bertz CT molecular complexity index is 445. The Labute approximate surface area is 106 Å². The van der Waals surface area contributed by atoms with Gasteiger partial charge in [-0.15, -0.1) is 0 Å². The fraction of sp³-hybridized carbons (Fsp3) is 0.200. The highest BCUT2D eigenvalue weighted by molar-refractivity contribution is 14.1. The van der Waals surface area contributed by atoms with Crippen LogP contribution in [0.5, 0.6) is 5.75 Å². The molecule has 0 fully saturated rings. The first kappa shape index (κ1) is 11.3. The van der Waals surface area contributed by atoms with E-state index in [0.29, 0.717) is 17.4 Å². The minimum absolute atomic E-state index is 0.0829. The normalized spacial score (nSPS) is 18.6. The molecule has 2 rings (SSSR count). The van der Waals surface area contributed by atoms with Gasteiger partial charge < -0.3 is 14.7 Å². The van der Waals surface area contributed by atoms with Crippen LogP contribution in [0.4, 0.5) is 0 Å². The van der Waals surface area contributed by atoms with Crippen LogP contribution in [0, 0.1) is 0 Å². The summed E-state index contributed by atoms with van der Waals surface area (Å²) in [5, 5.41) is 12.3. The van der Waals surface area contributed by atoms with Crippen molar-refractivity contribution in [1.29, 1.82) is 0 Å². The lowest BCUT2D eigenvalue weighted by molar-refractivity contribution is 0.0961. The Morgan fingerprint density at radius 1 is 1.38 bits per heavy atom. The van der Waals surface area contributed by atoms with Gasteiger partial charge in [0.05, 0.1) is 29.5 Å². The van der Waals surface area contributed by atoms with Crippen molar-refractivity contribution in [2.24, 2.45) is 8.36 Å². The van der Waals surface area contributed by atoms with Crippen molar-refractivity contribution in [3.63, 3.8) is 0 Å². The number of aliphatic hydroxyl groups is 1. The summed E-state index contributed by atoms with van der Waals surface area (Å²) < 4.78 is 9.54. The fourth-order valence-corrected chi connectivity index (χ4v) is 1.77. The van der Waals surface area contributed by atoms with E-state index in [0.717, 1.165) is 5.56 Å². The Kier molecular flexibility index (Phi) is 3.73. The van der Waals surface area contributed by atoms with Crippen LogP contribution in [0.2, 0.25) is 0 Å². The second-order valence-corrected chi connectivity index (χ2v) is 3.47. The van der Waals surface area contributed by atoms with E-state index in [2.05, 4.69) is 8.36 Å². The number of oxime groups is 1. The molecule has 16 heavy (non-hydrogen) atoms. The van der Waals surface area contributed by atoms with Gasteiger partial charge in [0.1, 0.15) is 18.1 Å². The highest BCUT2D eigenvalue weighted by Crippen LogP contribution is 2.27. The van der Waals surface area contributed by atoms with Crippen molar-refractivity contribution < 1.29 is 14.7 Å². The van der Waals surface area contributed by atoms with Gasteiger partial charge in [0.25, 0.3) is 5.90 Å². The molecule has 0 spiro atoms. The van der Waals surface area contributed by atoms with Gasteiger partial charge in [0.15, 0.2) is 0 Å². The number of halogens is 1. The molecule has 0 unspecified atom stereocenters. The predicted octanol–water partition coefficient (Wildman–Crippen LogP) is 1.54. The molecule has 1 aromatic rings. The number of hydrogen-bond donors (Lipinski definition) is 1. The van der Waals surface area contributed by atoms with Crippen LogP contribution >= 0.6 is 22.9 Å². The summed E-state index contributed by atoms with van der Waals surface area (Å²) in [5.74, 6) is 1.04. The average Bonchev–Trinajstić information content (AvgIpc) is 2.67. The summed E-state index contributed by atoms with van der Waals surface area (Å²) in [6, 6.07) is 7.52. The third kappa shape index (κ3) is 2.17. The number of benzene rings is 1. The van der Waals surface area contributed by atoms with Crippen molar-refractivity contribution >= 4 is 34.5 Å². The van der Waals surface area contributed by atoms with Crippen molar-refractivity contribution in [2.75, 3.05) is 13.2 Å². The van der Waals surface area contributed by atoms with E-state index in [1.807, 2.05) is 47.1 Å². The van der Waals surface area contributed by atoms with Crippen LogP contribution in [0.3, 0.4) is 0 Å². The molecule has 0 radical (unpaired) electrons. The molecule has 0 saturated carbocycles. The molecule has 0 bridgehead atoms. The molecule has 0 saturated heterocycles. The maximum absolute atomic E-state index is 8.57. The summed E-state index contributed by atoms with van der Waals surface area (Å²) in [6.45, 7) is 0.0537. The fourth-order valence-electron chi connectivity index (χ4n) is 1.31. The second-order valence-electron chi connectivity index (χ2n) is 2.98. The molecular formula is C10H9IN2O3. The third-order valence-corrected chi connectivity index (χ3v) is 2.45. The Morgan fingerprint density at radius 3 is 2.94 bits per heavy atom. The van der Waals surface area contributed by atoms with E-state index in [-0.39, 0.29) is 13.2 Å². The Balaban J connectivity index is 2.25. The average molecular weight is 332 g/mol. The second kappa shape index (κ2) is 5.26. The first-order valence-corrected chi connectivity index (χ1v) is 5.60. The molecule has 1 aliphatic rings. The quantitative estimate of drug-likeness (QED) is 0.519. The number of ether oxygens (including phenoxy) is 1. The molecule has 84 valence electrons. The molecule has 5 nitrogen and oxygen atoms in total. The highest BCUT2D eigenvalue weighted by Gasteiger charge is 2.26. The number of aliphatic hydroxyl groups excluding tert-OH is 1. The van der Waals surface area contributed by atoms with Crippen LogP contribution in [-0.4, -0.2) is 29.9 Å². The first-order valence-electron chi connectivity index (χ1n) is 4.64. The Morgan fingerprint density at radius 2 is 2.19 bits per heavy atom. The van der Waals surface area contributed by atoms with E-state index in [4.69, 9.17) is 14.7 Å². The lowest BCUT2D eigenvalue weighted by Gasteiger charge is -1.98. The summed E-state index contributed by atoms with van der Waals surface area (Å²) in [5.41, 5.74) is 1.54. The molecule has 1 N–H and O–H groups in total. The molecule has 1 aromatic carbocycles. The summed E-state index contributed by atoms with van der Waals surface area (Å²) in [4.78, 5) is 4.86. The minimum Gasteiger partial charge on any atom is -0.434 e. The van der Waals surface area contributed by atoms with Crippen LogP contribution in [-0.2, 0) is 4.84 Å². The maximum atomic E-state index is 8.57. The topological polar surface area (TPSA) is 63.4 Å². The Hall–Kier alpha value is -1.15. The lowest BCUT2D eigenvalue weighted by Crippen LogP contribution is -2.14. The molecule has 6 heteroatoms. The third-order valence-electron chi connectivity index (χ3n) is 1.97. The van der Waals surface area contributed by atoms with Gasteiger partial charge in [-0.1, -0.05) is 12.1 Å². The summed E-state index contributed by atoms with van der Waals surface area (Å²) >= 11 is 1.88. The van der Waals surface area contributed by atoms with Crippen LogP contribution in [0.15, 0.2) is 32.6 Å². The van der Waals surface area contributed by atoms with Gasteiger partial charge in [0.2, 0.25) is 0 Å². The van der Waals surface area contributed by atoms with Gasteiger partial charge in [0, 0.05) is 5.56 Å². The SMILES string of the molecule is OCCO/N=C1\Oc2ccccc2\C1=N/I. The number of hydrogen-bond acceptors (Lipinski definition) is 5. The monoisotopic (exact) mass is 332 g/mol. The minimum atomic E-state index is -0.0829. The van der Waals surface area contributed by atoms with Gasteiger partial charge in [-0.05, 0) is 17.3 Å². The van der Waals surface area contributed by atoms with Gasteiger partial charge in [-0.3, -0.25) is 0 Å². The van der Waals surface area contributed by atoms with E-state index in [1.54, 1.807) is 0 Å². The number of fused-ring (bicyclic) bond motifs is 1. The van der Waals surface area contributed by atoms with E-state index < -0.39 is 0 Å². The van der Waals surface area contributed by atoms with Gasteiger partial charge in [-0.25, -0.2) is 3.21 Å².